The molecule has 19 heavy (non-hydrogen) atoms. The third-order valence-electron chi connectivity index (χ3n) is 3.27. The van der Waals surface area contributed by atoms with Crippen LogP contribution in [0.1, 0.15) is 31.9 Å². The Balaban J connectivity index is 2.36. The van der Waals surface area contributed by atoms with Gasteiger partial charge in [0, 0.05) is 12.1 Å². The highest BCUT2D eigenvalue weighted by Gasteiger charge is 2.21. The number of carbonyl (C=O) groups excluding carboxylic acids is 1. The zero-order valence-electron chi connectivity index (χ0n) is 11.4. The molecular weight excluding hydrogens is 234 g/mol. The fourth-order valence-corrected chi connectivity index (χ4v) is 2.22. The summed E-state index contributed by atoms with van der Waals surface area (Å²) in [6, 6.07) is 20.0. The summed E-state index contributed by atoms with van der Waals surface area (Å²) in [5, 5.41) is 0. The molecule has 0 aliphatic rings. The third kappa shape index (κ3) is 3.02. The second kappa shape index (κ2) is 6.19. The van der Waals surface area contributed by atoms with E-state index in [1.807, 2.05) is 60.4 Å². The average Bonchev–Trinajstić information content (AvgIpc) is 2.49. The number of hydrogen-bond donors (Lipinski definition) is 0. The van der Waals surface area contributed by atoms with Gasteiger partial charge in [0.15, 0.2) is 0 Å². The SMILES string of the molecule is CCC(=O)N(c1ccccc1)C(C)c1ccccc1. The van der Waals surface area contributed by atoms with Crippen LogP contribution in [0, 0.1) is 0 Å². The largest absolute Gasteiger partial charge is 0.305 e. The van der Waals surface area contributed by atoms with Crippen LogP contribution in [0.15, 0.2) is 60.7 Å². The molecule has 2 rings (SSSR count). The van der Waals surface area contributed by atoms with Crippen LogP contribution in [-0.2, 0) is 4.79 Å². The highest BCUT2D eigenvalue weighted by Crippen LogP contribution is 2.27. The molecule has 2 heteroatoms. The highest BCUT2D eigenvalue weighted by molar-refractivity contribution is 5.93. The summed E-state index contributed by atoms with van der Waals surface area (Å²) in [5.74, 6) is 0.141. The van der Waals surface area contributed by atoms with Crippen molar-refractivity contribution in [2.24, 2.45) is 0 Å². The third-order valence-corrected chi connectivity index (χ3v) is 3.27. The standard InChI is InChI=1S/C17H19NO/c1-3-17(19)18(16-12-8-5-9-13-16)14(2)15-10-6-4-7-11-15/h4-14H,3H2,1-2H3. The number of nitrogens with zero attached hydrogens (tertiary/aromatic N) is 1. The summed E-state index contributed by atoms with van der Waals surface area (Å²) in [5.41, 5.74) is 2.10. The molecule has 0 aliphatic heterocycles. The van der Waals surface area contributed by atoms with Gasteiger partial charge >= 0.3 is 0 Å². The van der Waals surface area contributed by atoms with Crippen molar-refractivity contribution in [2.75, 3.05) is 4.90 Å². The van der Waals surface area contributed by atoms with Crippen LogP contribution in [0.2, 0.25) is 0 Å². The Morgan fingerprint density at radius 1 is 1.00 bits per heavy atom. The molecule has 0 aromatic heterocycles. The minimum Gasteiger partial charge on any atom is -0.305 e. The molecule has 0 spiro atoms. The maximum absolute atomic E-state index is 12.3. The summed E-state index contributed by atoms with van der Waals surface area (Å²) in [4.78, 5) is 14.1. The van der Waals surface area contributed by atoms with Crippen molar-refractivity contribution in [1.82, 2.24) is 0 Å². The fraction of sp³-hybridized carbons (Fsp3) is 0.235. The molecule has 0 fully saturated rings. The molecule has 0 radical (unpaired) electrons. The van der Waals surface area contributed by atoms with Crippen LogP contribution in [0.4, 0.5) is 5.69 Å². The van der Waals surface area contributed by atoms with Crippen molar-refractivity contribution in [3.05, 3.63) is 66.2 Å². The van der Waals surface area contributed by atoms with E-state index in [9.17, 15) is 4.79 Å². The van der Waals surface area contributed by atoms with Crippen molar-refractivity contribution < 1.29 is 4.79 Å². The van der Waals surface area contributed by atoms with Crippen LogP contribution in [0.25, 0.3) is 0 Å². The van der Waals surface area contributed by atoms with Gasteiger partial charge in [0.25, 0.3) is 0 Å². The van der Waals surface area contributed by atoms with E-state index in [4.69, 9.17) is 0 Å². The minimum atomic E-state index is 0.0380. The van der Waals surface area contributed by atoms with Gasteiger partial charge in [-0.05, 0) is 24.6 Å². The van der Waals surface area contributed by atoms with E-state index in [2.05, 4.69) is 19.1 Å². The van der Waals surface area contributed by atoms with Crippen LogP contribution in [0.3, 0.4) is 0 Å². The first-order valence-corrected chi connectivity index (χ1v) is 6.66. The molecule has 1 atom stereocenters. The molecular formula is C17H19NO. The topological polar surface area (TPSA) is 20.3 Å². The maximum atomic E-state index is 12.3. The molecule has 0 saturated heterocycles. The predicted molar refractivity (Wildman–Crippen MR) is 79.1 cm³/mol. The lowest BCUT2D eigenvalue weighted by atomic mass is 10.1. The first-order valence-electron chi connectivity index (χ1n) is 6.66. The van der Waals surface area contributed by atoms with Crippen LogP contribution in [-0.4, -0.2) is 5.91 Å². The van der Waals surface area contributed by atoms with E-state index in [1.54, 1.807) is 0 Å². The zero-order chi connectivity index (χ0) is 13.7. The average molecular weight is 253 g/mol. The van der Waals surface area contributed by atoms with Gasteiger partial charge in [-0.25, -0.2) is 0 Å². The number of rotatable bonds is 4. The Morgan fingerprint density at radius 3 is 2.05 bits per heavy atom. The van der Waals surface area contributed by atoms with Gasteiger partial charge in [0.2, 0.25) is 5.91 Å². The number of benzene rings is 2. The Labute approximate surface area is 114 Å². The Kier molecular flexibility index (Phi) is 4.35. The number of hydrogen-bond acceptors (Lipinski definition) is 1. The van der Waals surface area contributed by atoms with Crippen molar-refractivity contribution in [3.8, 4) is 0 Å². The van der Waals surface area contributed by atoms with Gasteiger partial charge in [-0.1, -0.05) is 55.5 Å². The predicted octanol–water partition coefficient (Wildman–Crippen LogP) is 4.19. The first-order chi connectivity index (χ1) is 9.24. The summed E-state index contributed by atoms with van der Waals surface area (Å²) in [6.45, 7) is 3.96. The number of para-hydroxylation sites is 1. The van der Waals surface area contributed by atoms with Crippen LogP contribution in [0.5, 0.6) is 0 Å². The van der Waals surface area contributed by atoms with Gasteiger partial charge in [-0.2, -0.15) is 0 Å². The van der Waals surface area contributed by atoms with E-state index in [-0.39, 0.29) is 11.9 Å². The maximum Gasteiger partial charge on any atom is 0.227 e. The minimum absolute atomic E-state index is 0.0380. The first kappa shape index (κ1) is 13.3. The number of anilines is 1. The molecule has 98 valence electrons. The van der Waals surface area contributed by atoms with Gasteiger partial charge < -0.3 is 4.90 Å². The molecule has 2 aromatic carbocycles. The lowest BCUT2D eigenvalue weighted by molar-refractivity contribution is -0.118. The van der Waals surface area contributed by atoms with Gasteiger partial charge in [0.05, 0.1) is 6.04 Å². The van der Waals surface area contributed by atoms with E-state index in [0.29, 0.717) is 6.42 Å². The summed E-state index contributed by atoms with van der Waals surface area (Å²) >= 11 is 0. The van der Waals surface area contributed by atoms with E-state index in [1.165, 1.54) is 0 Å². The molecule has 0 N–H and O–H groups in total. The van der Waals surface area contributed by atoms with Crippen molar-refractivity contribution >= 4 is 11.6 Å². The molecule has 1 unspecified atom stereocenters. The molecule has 0 heterocycles. The zero-order valence-corrected chi connectivity index (χ0v) is 11.4. The van der Waals surface area contributed by atoms with Crippen molar-refractivity contribution in [2.45, 2.75) is 26.3 Å². The second-order valence-corrected chi connectivity index (χ2v) is 4.54. The quantitative estimate of drug-likeness (QED) is 0.800. The molecule has 2 nitrogen and oxygen atoms in total. The summed E-state index contributed by atoms with van der Waals surface area (Å²) < 4.78 is 0. The van der Waals surface area contributed by atoms with Crippen LogP contribution >= 0.6 is 0 Å². The van der Waals surface area contributed by atoms with Crippen molar-refractivity contribution in [1.29, 1.82) is 0 Å². The van der Waals surface area contributed by atoms with Gasteiger partial charge in [-0.3, -0.25) is 4.79 Å². The summed E-state index contributed by atoms with van der Waals surface area (Å²) in [6.07, 6.45) is 0.506. The van der Waals surface area contributed by atoms with Gasteiger partial charge in [0.1, 0.15) is 0 Å². The lowest BCUT2D eigenvalue weighted by Gasteiger charge is -2.29. The highest BCUT2D eigenvalue weighted by atomic mass is 16.2. The smallest absolute Gasteiger partial charge is 0.227 e. The summed E-state index contributed by atoms with van der Waals surface area (Å²) in [7, 11) is 0. The molecule has 2 aromatic rings. The van der Waals surface area contributed by atoms with Gasteiger partial charge in [-0.15, -0.1) is 0 Å². The van der Waals surface area contributed by atoms with E-state index < -0.39 is 0 Å². The molecule has 0 bridgehead atoms. The normalized spacial score (nSPS) is 11.9. The Hall–Kier alpha value is -2.09. The molecule has 1 amide bonds. The monoisotopic (exact) mass is 253 g/mol. The number of carbonyl (C=O) groups is 1. The van der Waals surface area contributed by atoms with Crippen molar-refractivity contribution in [3.63, 3.8) is 0 Å². The fourth-order valence-electron chi connectivity index (χ4n) is 2.22. The lowest BCUT2D eigenvalue weighted by Crippen LogP contribution is -2.32. The Morgan fingerprint density at radius 2 is 1.53 bits per heavy atom. The van der Waals surface area contributed by atoms with E-state index >= 15 is 0 Å². The van der Waals surface area contributed by atoms with Crippen LogP contribution < -0.4 is 4.90 Å². The Bertz CT molecular complexity index is 521. The second-order valence-electron chi connectivity index (χ2n) is 4.54. The number of amides is 1. The van der Waals surface area contributed by atoms with E-state index in [0.717, 1.165) is 11.3 Å². The molecule has 0 saturated carbocycles. The molecule has 0 aliphatic carbocycles.